The van der Waals surface area contributed by atoms with E-state index in [1.165, 1.54) is 6.20 Å². The first-order valence-corrected chi connectivity index (χ1v) is 13.3. The van der Waals surface area contributed by atoms with Crippen LogP contribution in [-0.4, -0.2) is 88.3 Å². The van der Waals surface area contributed by atoms with Gasteiger partial charge in [-0.2, -0.15) is 0 Å². The Kier molecular flexibility index (Phi) is 6.06. The number of fused-ring (bicyclic) bond motifs is 1. The Hall–Kier alpha value is -4.39. The van der Waals surface area contributed by atoms with E-state index in [0.29, 0.717) is 17.9 Å². The van der Waals surface area contributed by atoms with Gasteiger partial charge >= 0.3 is 0 Å². The number of aromatic nitrogens is 1. The highest BCUT2D eigenvalue weighted by atomic mass is 16.5. The van der Waals surface area contributed by atoms with Gasteiger partial charge in [0.1, 0.15) is 23.6 Å². The van der Waals surface area contributed by atoms with Gasteiger partial charge in [0.2, 0.25) is 0 Å². The van der Waals surface area contributed by atoms with Crippen LogP contribution in [0.4, 0.5) is 0 Å². The third-order valence-corrected chi connectivity index (χ3v) is 8.30. The Labute approximate surface area is 231 Å². The Balaban J connectivity index is 1.23. The highest BCUT2D eigenvalue weighted by Gasteiger charge is 2.65. The highest BCUT2D eigenvalue weighted by Crippen LogP contribution is 2.42. The van der Waals surface area contributed by atoms with Crippen LogP contribution < -0.4 is 32.2 Å². The maximum absolute atomic E-state index is 13.5. The standard InChI is InChI=1S/C27H33N9O4/c1-26(2)9-11-40-19-14(6-5-7-15(19)26)22(38)32-18-13-36-25(29)33-17(12-31-23(39)16-8-3-4-10-30-16)20-27(36,21(18)37)35-24(28)34-20/h3-8,10,17-18,20-21,37H,9,11-13H2,1-2H3,(H2,29,33)(H,31,39)(H,32,38)(H3,28,34,35)/t17-,18+,20?,21+,27?/m0/s1. The number of nitrogens with zero attached hydrogens (tertiary/aromatic N) is 4. The van der Waals surface area contributed by atoms with E-state index in [9.17, 15) is 14.7 Å². The quantitative estimate of drug-likeness (QED) is 0.273. The van der Waals surface area contributed by atoms with Crippen LogP contribution in [0.3, 0.4) is 0 Å². The molecule has 13 heteroatoms. The van der Waals surface area contributed by atoms with Crippen molar-refractivity contribution >= 4 is 23.7 Å². The summed E-state index contributed by atoms with van der Waals surface area (Å²) in [5.41, 5.74) is 12.8. The lowest BCUT2D eigenvalue weighted by atomic mass is 9.79. The maximum Gasteiger partial charge on any atom is 0.269 e. The number of carbonyl (C=O) groups is 2. The molecular weight excluding hydrogens is 514 g/mol. The van der Waals surface area contributed by atoms with Crippen molar-refractivity contribution in [3.05, 3.63) is 59.4 Å². The van der Waals surface area contributed by atoms with E-state index in [2.05, 4.69) is 44.8 Å². The number of hydrogen-bond acceptors (Lipinski definition) is 11. The fourth-order valence-electron chi connectivity index (χ4n) is 6.18. The summed E-state index contributed by atoms with van der Waals surface area (Å²) in [4.78, 5) is 41.0. The minimum absolute atomic E-state index is 0.0852. The Morgan fingerprint density at radius 1 is 1.18 bits per heavy atom. The van der Waals surface area contributed by atoms with Crippen molar-refractivity contribution in [2.24, 2.45) is 21.5 Å². The summed E-state index contributed by atoms with van der Waals surface area (Å²) < 4.78 is 5.93. The number of carbonyl (C=O) groups excluding carboxylic acids is 2. The molecule has 2 amide bonds. The zero-order valence-corrected chi connectivity index (χ0v) is 22.3. The molecule has 1 aromatic heterocycles. The molecular formula is C27H33N9O4. The van der Waals surface area contributed by atoms with E-state index in [0.717, 1.165) is 12.0 Å². The molecule has 2 unspecified atom stereocenters. The number of ether oxygens (including phenoxy) is 1. The summed E-state index contributed by atoms with van der Waals surface area (Å²) in [6.45, 7) is 5.02. The first kappa shape index (κ1) is 25.9. The van der Waals surface area contributed by atoms with Gasteiger partial charge in [-0.25, -0.2) is 9.98 Å². The summed E-state index contributed by atoms with van der Waals surface area (Å²) in [7, 11) is 0. The van der Waals surface area contributed by atoms with Crippen LogP contribution in [0.15, 0.2) is 52.6 Å². The number of aliphatic hydroxyl groups excluding tert-OH is 1. The molecule has 0 radical (unpaired) electrons. The topological polar surface area (TPSA) is 193 Å². The van der Waals surface area contributed by atoms with Crippen molar-refractivity contribution in [2.75, 3.05) is 19.7 Å². The van der Waals surface area contributed by atoms with Gasteiger partial charge in [0.25, 0.3) is 11.8 Å². The van der Waals surface area contributed by atoms with E-state index in [1.807, 2.05) is 12.1 Å². The number of nitrogens with two attached hydrogens (primary N) is 2. The fourth-order valence-corrected chi connectivity index (χ4v) is 6.18. The second kappa shape index (κ2) is 9.37. The summed E-state index contributed by atoms with van der Waals surface area (Å²) >= 11 is 0. The van der Waals surface area contributed by atoms with Crippen molar-refractivity contribution in [1.82, 2.24) is 25.8 Å². The van der Waals surface area contributed by atoms with E-state index in [4.69, 9.17) is 16.2 Å². The van der Waals surface area contributed by atoms with Crippen LogP contribution in [0.5, 0.6) is 5.75 Å². The number of guanidine groups is 2. The lowest BCUT2D eigenvalue weighted by Gasteiger charge is -2.46. The highest BCUT2D eigenvalue weighted by molar-refractivity contribution is 5.98. The van der Waals surface area contributed by atoms with Gasteiger partial charge in [-0.1, -0.05) is 32.0 Å². The number of hydrogen-bond donors (Lipinski definition) is 6. The van der Waals surface area contributed by atoms with Gasteiger partial charge in [-0.15, -0.1) is 0 Å². The van der Waals surface area contributed by atoms with Gasteiger partial charge in [-0.3, -0.25) is 14.6 Å². The molecule has 2 aromatic rings. The molecule has 0 aliphatic carbocycles. The molecule has 40 heavy (non-hydrogen) atoms. The van der Waals surface area contributed by atoms with Crippen LogP contribution >= 0.6 is 0 Å². The molecule has 1 saturated heterocycles. The Morgan fingerprint density at radius 3 is 2.77 bits per heavy atom. The SMILES string of the molecule is CC1(C)CCOc2c(C(=O)N[C@@H]3CN4C(N)=N[C@@H](CNC(=O)c5ccccn5)C5N=C(N)NC54[C@@H]3O)cccc21. The summed E-state index contributed by atoms with van der Waals surface area (Å²) in [6, 6.07) is 8.55. The third-order valence-electron chi connectivity index (χ3n) is 8.30. The predicted molar refractivity (Wildman–Crippen MR) is 147 cm³/mol. The van der Waals surface area contributed by atoms with Crippen LogP contribution in [0.25, 0.3) is 0 Å². The Bertz CT molecular complexity index is 1410. The van der Waals surface area contributed by atoms with Crippen molar-refractivity contribution in [1.29, 1.82) is 0 Å². The molecule has 1 aromatic carbocycles. The molecule has 5 heterocycles. The zero-order valence-electron chi connectivity index (χ0n) is 22.3. The third kappa shape index (κ3) is 3.99. The summed E-state index contributed by atoms with van der Waals surface area (Å²) in [5.74, 6) is 0.0766. The largest absolute Gasteiger partial charge is 0.492 e. The molecule has 0 saturated carbocycles. The number of amides is 2. The van der Waals surface area contributed by atoms with E-state index >= 15 is 0 Å². The molecule has 1 fully saturated rings. The zero-order chi connectivity index (χ0) is 28.2. The van der Waals surface area contributed by atoms with E-state index < -0.39 is 29.9 Å². The fraction of sp³-hybridized carbons (Fsp3) is 0.444. The average Bonchev–Trinajstić information content (AvgIpc) is 3.43. The maximum atomic E-state index is 13.5. The molecule has 210 valence electrons. The van der Waals surface area contributed by atoms with Crippen LogP contribution in [-0.2, 0) is 5.41 Å². The second-order valence-corrected chi connectivity index (χ2v) is 11.2. The van der Waals surface area contributed by atoms with Crippen LogP contribution in [0.1, 0.15) is 46.7 Å². The molecule has 8 N–H and O–H groups in total. The van der Waals surface area contributed by atoms with Crippen molar-refractivity contribution in [2.45, 2.75) is 55.6 Å². The number of benzene rings is 1. The molecule has 5 atom stereocenters. The van der Waals surface area contributed by atoms with E-state index in [1.54, 1.807) is 29.2 Å². The normalized spacial score (nSPS) is 29.5. The number of aliphatic imine (C=N–C) groups is 2. The monoisotopic (exact) mass is 547 g/mol. The molecule has 6 rings (SSSR count). The van der Waals surface area contributed by atoms with E-state index in [-0.39, 0.29) is 47.9 Å². The minimum atomic E-state index is -1.25. The lowest BCUT2D eigenvalue weighted by molar-refractivity contribution is 0.0143. The first-order chi connectivity index (χ1) is 19.1. The van der Waals surface area contributed by atoms with Crippen molar-refractivity contribution in [3.8, 4) is 5.75 Å². The van der Waals surface area contributed by atoms with Crippen LogP contribution in [0.2, 0.25) is 0 Å². The molecule has 4 aliphatic heterocycles. The average molecular weight is 548 g/mol. The summed E-state index contributed by atoms with van der Waals surface area (Å²) in [5, 5.41) is 20.6. The number of rotatable bonds is 5. The van der Waals surface area contributed by atoms with Gasteiger partial charge in [0.15, 0.2) is 17.6 Å². The predicted octanol–water partition coefficient (Wildman–Crippen LogP) is -0.974. The van der Waals surface area contributed by atoms with Crippen LogP contribution in [0, 0.1) is 0 Å². The number of aliphatic hydroxyl groups is 1. The van der Waals surface area contributed by atoms with Gasteiger partial charge < -0.3 is 42.2 Å². The van der Waals surface area contributed by atoms with Crippen molar-refractivity contribution < 1.29 is 19.4 Å². The van der Waals surface area contributed by atoms with Gasteiger partial charge in [-0.05, 0) is 30.0 Å². The second-order valence-electron chi connectivity index (χ2n) is 11.2. The number of nitrogens with one attached hydrogen (secondary N) is 3. The molecule has 0 bridgehead atoms. The molecule has 13 nitrogen and oxygen atoms in total. The first-order valence-electron chi connectivity index (χ1n) is 13.3. The van der Waals surface area contributed by atoms with Gasteiger partial charge in [0.05, 0.1) is 24.3 Å². The van der Waals surface area contributed by atoms with Crippen molar-refractivity contribution in [3.63, 3.8) is 0 Å². The Morgan fingerprint density at radius 2 is 2.00 bits per heavy atom. The lowest BCUT2D eigenvalue weighted by Crippen LogP contribution is -2.73. The summed E-state index contributed by atoms with van der Waals surface area (Å²) in [6.07, 6.45) is 1.22. The minimum Gasteiger partial charge on any atom is -0.492 e. The number of para-hydroxylation sites is 1. The number of pyridine rings is 1. The smallest absolute Gasteiger partial charge is 0.269 e. The molecule has 4 aliphatic rings. The molecule has 1 spiro atoms. The van der Waals surface area contributed by atoms with Gasteiger partial charge in [0, 0.05) is 24.8 Å².